The number of aromatic nitrogens is 2. The van der Waals surface area contributed by atoms with Crippen LogP contribution in [-0.4, -0.2) is 17.3 Å². The molecule has 0 aliphatic carbocycles. The van der Waals surface area contributed by atoms with Crippen molar-refractivity contribution in [3.63, 3.8) is 0 Å². The van der Waals surface area contributed by atoms with Crippen molar-refractivity contribution in [3.8, 4) is 5.88 Å². The lowest BCUT2D eigenvalue weighted by Gasteiger charge is -2.09. The van der Waals surface area contributed by atoms with E-state index in [2.05, 4.69) is 46.9 Å². The quantitative estimate of drug-likeness (QED) is 0.714. The first kappa shape index (κ1) is 15.2. The van der Waals surface area contributed by atoms with Crippen LogP contribution in [0.1, 0.15) is 28.7 Å². The fraction of sp³-hybridized carbons (Fsp3) is 0.375. The van der Waals surface area contributed by atoms with E-state index in [1.54, 1.807) is 29.8 Å². The zero-order valence-corrected chi connectivity index (χ0v) is 14.6. The second-order valence-corrected chi connectivity index (χ2v) is 7.23. The Hall–Kier alpha value is -1.66. The van der Waals surface area contributed by atoms with E-state index in [9.17, 15) is 0 Å². The summed E-state index contributed by atoms with van der Waals surface area (Å²) in [4.78, 5) is 2.67. The van der Waals surface area contributed by atoms with Crippen molar-refractivity contribution >= 4 is 38.6 Å². The van der Waals surface area contributed by atoms with Gasteiger partial charge in [0.15, 0.2) is 0 Å². The van der Waals surface area contributed by atoms with Gasteiger partial charge in [0.2, 0.25) is 0 Å². The Kier molecular flexibility index (Phi) is 4.59. The van der Waals surface area contributed by atoms with E-state index in [0.717, 1.165) is 35.3 Å². The summed E-state index contributed by atoms with van der Waals surface area (Å²) in [6, 6.07) is 4.19. The molecule has 0 aromatic carbocycles. The molecule has 0 saturated heterocycles. The van der Waals surface area contributed by atoms with Crippen LogP contribution in [0, 0.1) is 6.92 Å². The molecule has 0 aliphatic rings. The summed E-state index contributed by atoms with van der Waals surface area (Å²) in [6.45, 7) is 5.11. The first-order valence-corrected chi connectivity index (χ1v) is 9.03. The van der Waals surface area contributed by atoms with E-state index in [4.69, 9.17) is 4.74 Å². The van der Waals surface area contributed by atoms with Gasteiger partial charge in [-0.05, 0) is 30.4 Å². The van der Waals surface area contributed by atoms with Gasteiger partial charge in [-0.1, -0.05) is 19.4 Å². The lowest BCUT2D eigenvalue weighted by Crippen LogP contribution is -2.02. The highest BCUT2D eigenvalue weighted by Gasteiger charge is 2.17. The summed E-state index contributed by atoms with van der Waals surface area (Å²) >= 11 is 3.54. The molecule has 0 radical (unpaired) electrons. The van der Waals surface area contributed by atoms with Gasteiger partial charge in [0.25, 0.3) is 5.88 Å². The third-order valence-corrected chi connectivity index (χ3v) is 5.82. The zero-order chi connectivity index (χ0) is 15.5. The van der Waals surface area contributed by atoms with Gasteiger partial charge in [-0.3, -0.25) is 0 Å². The summed E-state index contributed by atoms with van der Waals surface area (Å²) in [6.07, 6.45) is 2.22. The number of ether oxygens (including phenoxy) is 1. The molecule has 0 spiro atoms. The number of anilines is 1. The van der Waals surface area contributed by atoms with Crippen molar-refractivity contribution in [3.05, 3.63) is 32.8 Å². The molecule has 0 atom stereocenters. The molecule has 3 heterocycles. The molecule has 0 bridgehead atoms. The van der Waals surface area contributed by atoms with Crippen LogP contribution < -0.4 is 10.1 Å². The minimum absolute atomic E-state index is 0.563. The van der Waals surface area contributed by atoms with Crippen molar-refractivity contribution in [1.82, 2.24) is 10.2 Å². The molecule has 4 nitrogen and oxygen atoms in total. The molecular formula is C16H19N3OS2. The summed E-state index contributed by atoms with van der Waals surface area (Å²) in [5, 5.41) is 14.2. The third kappa shape index (κ3) is 2.80. The van der Waals surface area contributed by atoms with E-state index in [1.165, 1.54) is 15.3 Å². The van der Waals surface area contributed by atoms with Gasteiger partial charge >= 0.3 is 0 Å². The van der Waals surface area contributed by atoms with Crippen molar-refractivity contribution in [2.24, 2.45) is 0 Å². The Bertz CT molecular complexity index is 765. The number of hydrogen-bond donors (Lipinski definition) is 1. The van der Waals surface area contributed by atoms with Gasteiger partial charge in [-0.15, -0.1) is 32.9 Å². The topological polar surface area (TPSA) is 47.0 Å². The molecule has 3 aromatic heterocycles. The van der Waals surface area contributed by atoms with E-state index in [1.807, 2.05) is 0 Å². The molecule has 3 rings (SSSR count). The highest BCUT2D eigenvalue weighted by molar-refractivity contribution is 7.19. The number of methoxy groups -OCH3 is 1. The molecule has 0 unspecified atom stereocenters. The molecule has 0 amide bonds. The molecule has 0 fully saturated rings. The van der Waals surface area contributed by atoms with E-state index >= 15 is 0 Å². The Morgan fingerprint density at radius 2 is 2.18 bits per heavy atom. The van der Waals surface area contributed by atoms with Gasteiger partial charge in [0.05, 0.1) is 11.8 Å². The number of nitrogens with one attached hydrogen (secondary N) is 1. The smallest absolute Gasteiger partial charge is 0.258 e. The number of fused-ring (bicyclic) bond motifs is 1. The average molecular weight is 333 g/mol. The van der Waals surface area contributed by atoms with Crippen LogP contribution in [0.4, 0.5) is 5.69 Å². The van der Waals surface area contributed by atoms with Crippen LogP contribution in [-0.2, 0) is 13.0 Å². The van der Waals surface area contributed by atoms with Crippen LogP contribution in [0.2, 0.25) is 0 Å². The van der Waals surface area contributed by atoms with Crippen molar-refractivity contribution in [2.75, 3.05) is 12.4 Å². The standard InChI is InChI=1S/C16H19N3OS2/c1-4-6-12-10(2)13-15(22-12)14(16(20-3)19-18-13)17-9-11-7-5-8-21-11/h5,7-8H,4,6,9H2,1-3H3,(H,17,18). The molecule has 3 aromatic rings. The first-order valence-electron chi connectivity index (χ1n) is 7.33. The second kappa shape index (κ2) is 6.62. The summed E-state index contributed by atoms with van der Waals surface area (Å²) in [5.74, 6) is 0.563. The number of thiophene rings is 2. The Morgan fingerprint density at radius 3 is 2.86 bits per heavy atom. The molecule has 22 heavy (non-hydrogen) atoms. The number of rotatable bonds is 6. The van der Waals surface area contributed by atoms with Crippen LogP contribution in [0.15, 0.2) is 17.5 Å². The lowest BCUT2D eigenvalue weighted by molar-refractivity contribution is 0.395. The number of aryl methyl sites for hydroxylation is 2. The van der Waals surface area contributed by atoms with Gasteiger partial charge < -0.3 is 10.1 Å². The van der Waals surface area contributed by atoms with Crippen molar-refractivity contribution in [1.29, 1.82) is 0 Å². The van der Waals surface area contributed by atoms with Crippen molar-refractivity contribution < 1.29 is 4.74 Å². The highest BCUT2D eigenvalue weighted by atomic mass is 32.1. The highest BCUT2D eigenvalue weighted by Crippen LogP contribution is 2.39. The van der Waals surface area contributed by atoms with E-state index in [-0.39, 0.29) is 0 Å². The predicted octanol–water partition coefficient (Wildman–Crippen LogP) is 4.63. The lowest BCUT2D eigenvalue weighted by atomic mass is 10.2. The third-order valence-electron chi connectivity index (χ3n) is 3.59. The van der Waals surface area contributed by atoms with Gasteiger partial charge in [-0.2, -0.15) is 0 Å². The number of nitrogens with zero attached hydrogens (tertiary/aromatic N) is 2. The summed E-state index contributed by atoms with van der Waals surface area (Å²) in [5.41, 5.74) is 3.19. The fourth-order valence-corrected chi connectivity index (χ4v) is 4.43. The Morgan fingerprint density at radius 1 is 1.32 bits per heavy atom. The minimum Gasteiger partial charge on any atom is -0.478 e. The fourth-order valence-electron chi connectivity index (χ4n) is 2.44. The Labute approximate surface area is 138 Å². The second-order valence-electron chi connectivity index (χ2n) is 5.10. The molecular weight excluding hydrogens is 314 g/mol. The van der Waals surface area contributed by atoms with Gasteiger partial charge in [0, 0.05) is 16.3 Å². The molecule has 0 saturated carbocycles. The van der Waals surface area contributed by atoms with Crippen molar-refractivity contribution in [2.45, 2.75) is 33.2 Å². The maximum Gasteiger partial charge on any atom is 0.258 e. The van der Waals surface area contributed by atoms with Gasteiger partial charge in [0.1, 0.15) is 11.2 Å². The SMILES string of the molecule is CCCc1sc2c(NCc3cccs3)c(OC)nnc2c1C. The monoisotopic (exact) mass is 333 g/mol. The van der Waals surface area contributed by atoms with Crippen LogP contribution in [0.3, 0.4) is 0 Å². The maximum atomic E-state index is 5.41. The molecule has 1 N–H and O–H groups in total. The average Bonchev–Trinajstić information content (AvgIpc) is 3.15. The van der Waals surface area contributed by atoms with Crippen LogP contribution >= 0.6 is 22.7 Å². The minimum atomic E-state index is 0.563. The first-order chi connectivity index (χ1) is 10.7. The number of hydrogen-bond acceptors (Lipinski definition) is 6. The van der Waals surface area contributed by atoms with Crippen LogP contribution in [0.5, 0.6) is 5.88 Å². The van der Waals surface area contributed by atoms with Gasteiger partial charge in [-0.25, -0.2) is 0 Å². The largest absolute Gasteiger partial charge is 0.478 e. The molecule has 116 valence electrons. The zero-order valence-electron chi connectivity index (χ0n) is 13.0. The summed E-state index contributed by atoms with van der Waals surface area (Å²) < 4.78 is 6.55. The molecule has 6 heteroatoms. The normalized spacial score (nSPS) is 11.0. The van der Waals surface area contributed by atoms with Crippen LogP contribution in [0.25, 0.3) is 10.2 Å². The Balaban J connectivity index is 2.02. The predicted molar refractivity (Wildman–Crippen MR) is 94.3 cm³/mol. The summed E-state index contributed by atoms with van der Waals surface area (Å²) in [7, 11) is 1.64. The van der Waals surface area contributed by atoms with E-state index in [0.29, 0.717) is 5.88 Å². The maximum absolute atomic E-state index is 5.41. The van der Waals surface area contributed by atoms with E-state index < -0.39 is 0 Å². The molecule has 0 aliphatic heterocycles.